The Balaban J connectivity index is 1.31. The number of benzene rings is 3. The van der Waals surface area contributed by atoms with E-state index in [0.29, 0.717) is 0 Å². The van der Waals surface area contributed by atoms with Crippen LogP contribution in [0, 0.1) is 5.41 Å². The first-order valence-electron chi connectivity index (χ1n) is 12.5. The maximum Gasteiger partial charge on any atom is 0.131 e. The van der Waals surface area contributed by atoms with Crippen molar-refractivity contribution in [2.45, 2.75) is 26.3 Å². The number of nitrogens with one attached hydrogen (secondary N) is 3. The Morgan fingerprint density at radius 2 is 1.61 bits per heavy atom. The molecule has 3 N–H and O–H groups in total. The fourth-order valence-corrected chi connectivity index (χ4v) is 4.72. The van der Waals surface area contributed by atoms with Gasteiger partial charge in [0.25, 0.3) is 0 Å². The normalized spacial score (nSPS) is 12.6. The van der Waals surface area contributed by atoms with E-state index in [0.717, 1.165) is 42.0 Å². The molecule has 3 aromatic carbocycles. The number of H-pyrrole nitrogens is 1. The zero-order valence-corrected chi connectivity index (χ0v) is 21.2. The van der Waals surface area contributed by atoms with Crippen LogP contribution in [0.4, 0.5) is 5.82 Å². The van der Waals surface area contributed by atoms with Crippen LogP contribution in [0.5, 0.6) is 5.75 Å². The topological polar surface area (TPSA) is 62.0 Å². The molecule has 0 aliphatic carbocycles. The molecule has 0 amide bonds. The lowest BCUT2D eigenvalue weighted by atomic mass is 9.91. The van der Waals surface area contributed by atoms with E-state index in [9.17, 15) is 0 Å². The van der Waals surface area contributed by atoms with Crippen molar-refractivity contribution < 1.29 is 4.74 Å². The second kappa shape index (κ2) is 10.4. The second-order valence-electron chi connectivity index (χ2n) is 10.2. The van der Waals surface area contributed by atoms with Crippen LogP contribution in [0.2, 0.25) is 0 Å². The Kier molecular flexibility index (Phi) is 6.92. The molecule has 0 fully saturated rings. The molecular weight excluding hydrogens is 444 g/mol. The molecule has 184 valence electrons. The van der Waals surface area contributed by atoms with Crippen molar-refractivity contribution in [2.75, 3.05) is 25.5 Å². The van der Waals surface area contributed by atoms with Crippen molar-refractivity contribution in [3.05, 3.63) is 102 Å². The summed E-state index contributed by atoms with van der Waals surface area (Å²) < 4.78 is 5.62. The Bertz CT molecular complexity index is 1440. The zero-order chi connectivity index (χ0) is 25.0. The average Bonchev–Trinajstić information content (AvgIpc) is 3.34. The Morgan fingerprint density at radius 3 is 2.42 bits per heavy atom. The first kappa shape index (κ1) is 23.9. The number of nitrogens with zero attached hydrogens (tertiary/aromatic N) is 1. The van der Waals surface area contributed by atoms with Gasteiger partial charge in [-0.3, -0.25) is 0 Å². The molecule has 0 aliphatic rings. The zero-order valence-electron chi connectivity index (χ0n) is 21.2. The maximum atomic E-state index is 5.62. The van der Waals surface area contributed by atoms with Crippen LogP contribution in [-0.4, -0.2) is 30.2 Å². The van der Waals surface area contributed by atoms with Gasteiger partial charge in [-0.25, -0.2) is 4.98 Å². The standard InChI is InChI=1S/C31H34N4O/c1-31(2,21-34-30-18-29(36-3)24-14-8-10-16-27(24)35-30)20-33-28(17-22-11-5-4-6-12-22)25-19-32-26-15-9-7-13-23(25)26/h4-16,18-19,28,32-33H,17,20-21H2,1-3H3,(H,34,35). The number of hydrogen-bond donors (Lipinski definition) is 3. The highest BCUT2D eigenvalue weighted by Crippen LogP contribution is 2.29. The summed E-state index contributed by atoms with van der Waals surface area (Å²) >= 11 is 0. The number of pyridine rings is 1. The smallest absolute Gasteiger partial charge is 0.131 e. The average molecular weight is 479 g/mol. The molecule has 0 aliphatic heterocycles. The van der Waals surface area contributed by atoms with Crippen LogP contribution in [0.1, 0.15) is 31.0 Å². The number of methoxy groups -OCH3 is 1. The van der Waals surface area contributed by atoms with Crippen LogP contribution >= 0.6 is 0 Å². The van der Waals surface area contributed by atoms with Crippen LogP contribution in [-0.2, 0) is 6.42 Å². The van der Waals surface area contributed by atoms with Gasteiger partial charge in [0, 0.05) is 47.7 Å². The van der Waals surface area contributed by atoms with Gasteiger partial charge < -0.3 is 20.4 Å². The second-order valence-corrected chi connectivity index (χ2v) is 10.2. The highest BCUT2D eigenvalue weighted by Gasteiger charge is 2.23. The monoisotopic (exact) mass is 478 g/mol. The fraction of sp³-hybridized carbons (Fsp3) is 0.258. The molecule has 5 nitrogen and oxygen atoms in total. The van der Waals surface area contributed by atoms with Gasteiger partial charge in [0.15, 0.2) is 0 Å². The quantitative estimate of drug-likeness (QED) is 0.208. The number of aromatic amines is 1. The van der Waals surface area contributed by atoms with Gasteiger partial charge in [-0.1, -0.05) is 74.5 Å². The largest absolute Gasteiger partial charge is 0.496 e. The number of fused-ring (bicyclic) bond motifs is 2. The van der Waals surface area contributed by atoms with Crippen LogP contribution in [0.3, 0.4) is 0 Å². The molecule has 5 aromatic rings. The molecule has 1 atom stereocenters. The minimum Gasteiger partial charge on any atom is -0.496 e. The fourth-order valence-electron chi connectivity index (χ4n) is 4.72. The van der Waals surface area contributed by atoms with Gasteiger partial charge >= 0.3 is 0 Å². The van der Waals surface area contributed by atoms with E-state index >= 15 is 0 Å². The van der Waals surface area contributed by atoms with Crippen molar-refractivity contribution in [2.24, 2.45) is 5.41 Å². The lowest BCUT2D eigenvalue weighted by molar-refractivity contribution is 0.337. The lowest BCUT2D eigenvalue weighted by Crippen LogP contribution is -2.37. The number of para-hydroxylation sites is 2. The predicted molar refractivity (Wildman–Crippen MR) is 150 cm³/mol. The van der Waals surface area contributed by atoms with Crippen molar-refractivity contribution in [3.63, 3.8) is 0 Å². The molecule has 2 aromatic heterocycles. The summed E-state index contributed by atoms with van der Waals surface area (Å²) in [5, 5.41) is 9.73. The summed E-state index contributed by atoms with van der Waals surface area (Å²) in [6.07, 6.45) is 3.08. The minimum absolute atomic E-state index is 0.0123. The van der Waals surface area contributed by atoms with E-state index in [2.05, 4.69) is 90.3 Å². The number of ether oxygens (including phenoxy) is 1. The molecule has 1 unspecified atom stereocenters. The number of rotatable bonds is 10. The van der Waals surface area contributed by atoms with E-state index in [4.69, 9.17) is 9.72 Å². The molecule has 36 heavy (non-hydrogen) atoms. The molecule has 2 heterocycles. The highest BCUT2D eigenvalue weighted by atomic mass is 16.5. The van der Waals surface area contributed by atoms with Gasteiger partial charge in [0.1, 0.15) is 11.6 Å². The van der Waals surface area contributed by atoms with Crippen LogP contribution in [0.25, 0.3) is 21.8 Å². The van der Waals surface area contributed by atoms with Crippen molar-refractivity contribution >= 4 is 27.6 Å². The molecular formula is C31H34N4O. The first-order valence-corrected chi connectivity index (χ1v) is 12.5. The van der Waals surface area contributed by atoms with Crippen molar-refractivity contribution in [1.82, 2.24) is 15.3 Å². The van der Waals surface area contributed by atoms with Gasteiger partial charge in [0.2, 0.25) is 0 Å². The Labute approximate surface area is 212 Å². The third kappa shape index (κ3) is 5.37. The van der Waals surface area contributed by atoms with Gasteiger partial charge in [-0.05, 0) is 41.2 Å². The summed E-state index contributed by atoms with van der Waals surface area (Å²) in [5.41, 5.74) is 4.71. The summed E-state index contributed by atoms with van der Waals surface area (Å²) in [5.74, 6) is 1.66. The van der Waals surface area contributed by atoms with E-state index in [1.165, 1.54) is 22.0 Å². The highest BCUT2D eigenvalue weighted by molar-refractivity contribution is 5.87. The van der Waals surface area contributed by atoms with E-state index in [1.54, 1.807) is 7.11 Å². The molecule has 0 bridgehead atoms. The van der Waals surface area contributed by atoms with Gasteiger partial charge in [-0.2, -0.15) is 0 Å². The summed E-state index contributed by atoms with van der Waals surface area (Å²) in [4.78, 5) is 8.25. The summed E-state index contributed by atoms with van der Waals surface area (Å²) in [6.45, 7) is 6.18. The molecule has 0 spiro atoms. The van der Waals surface area contributed by atoms with E-state index in [-0.39, 0.29) is 11.5 Å². The Hall–Kier alpha value is -3.83. The summed E-state index contributed by atoms with van der Waals surface area (Å²) in [7, 11) is 1.71. The van der Waals surface area contributed by atoms with Gasteiger partial charge in [0.05, 0.1) is 12.6 Å². The van der Waals surface area contributed by atoms with Crippen molar-refractivity contribution in [1.29, 1.82) is 0 Å². The minimum atomic E-state index is -0.0123. The third-order valence-electron chi connectivity index (χ3n) is 6.75. The molecule has 5 rings (SSSR count). The predicted octanol–water partition coefficient (Wildman–Crippen LogP) is 6.74. The van der Waals surface area contributed by atoms with Crippen molar-refractivity contribution in [3.8, 4) is 5.75 Å². The Morgan fingerprint density at radius 1 is 0.889 bits per heavy atom. The van der Waals surface area contributed by atoms with Crippen LogP contribution < -0.4 is 15.4 Å². The number of hydrogen-bond acceptors (Lipinski definition) is 4. The summed E-state index contributed by atoms with van der Waals surface area (Å²) in [6, 6.07) is 29.5. The number of aromatic nitrogens is 2. The molecule has 0 saturated heterocycles. The lowest BCUT2D eigenvalue weighted by Gasteiger charge is -2.29. The SMILES string of the molecule is COc1cc(NCC(C)(C)CNC(Cc2ccccc2)c2c[nH]c3ccccc23)nc2ccccc12. The number of anilines is 1. The molecule has 0 radical (unpaired) electrons. The first-order chi connectivity index (χ1) is 17.5. The molecule has 5 heteroatoms. The van der Waals surface area contributed by atoms with E-state index < -0.39 is 0 Å². The molecule has 0 saturated carbocycles. The van der Waals surface area contributed by atoms with E-state index in [1.807, 2.05) is 30.3 Å². The van der Waals surface area contributed by atoms with Crippen LogP contribution in [0.15, 0.2) is 91.1 Å². The maximum absolute atomic E-state index is 5.62. The third-order valence-corrected chi connectivity index (χ3v) is 6.75. The van der Waals surface area contributed by atoms with Gasteiger partial charge in [-0.15, -0.1) is 0 Å².